The van der Waals surface area contributed by atoms with Crippen molar-refractivity contribution in [2.24, 2.45) is 0 Å². The Balaban J connectivity index is 1.97. The standard InChI is InChI=1S/C15H20N4O2/c1-18(2)9-5-11-21-15(20)13-8-10-19(17-13)14-7-4-3-6-12(14)16/h3-4,6-8,10H,5,9,11,16H2,1-2H3. The van der Waals surface area contributed by atoms with E-state index in [-0.39, 0.29) is 5.69 Å². The van der Waals surface area contributed by atoms with Gasteiger partial charge in [-0.15, -0.1) is 0 Å². The summed E-state index contributed by atoms with van der Waals surface area (Å²) in [6, 6.07) is 8.97. The Bertz CT molecular complexity index is 607. The van der Waals surface area contributed by atoms with Crippen LogP contribution in [0.4, 0.5) is 5.69 Å². The summed E-state index contributed by atoms with van der Waals surface area (Å²) in [7, 11) is 3.96. The van der Waals surface area contributed by atoms with E-state index in [1.807, 2.05) is 37.2 Å². The van der Waals surface area contributed by atoms with Gasteiger partial charge in [-0.1, -0.05) is 12.1 Å². The van der Waals surface area contributed by atoms with E-state index in [1.54, 1.807) is 23.0 Å². The summed E-state index contributed by atoms with van der Waals surface area (Å²) in [5.41, 5.74) is 7.51. The van der Waals surface area contributed by atoms with Crippen LogP contribution in [0.1, 0.15) is 16.9 Å². The highest BCUT2D eigenvalue weighted by molar-refractivity contribution is 5.87. The number of ether oxygens (including phenoxy) is 1. The molecule has 2 aromatic rings. The first-order chi connectivity index (χ1) is 10.1. The van der Waals surface area contributed by atoms with E-state index in [2.05, 4.69) is 5.10 Å². The van der Waals surface area contributed by atoms with Crippen molar-refractivity contribution < 1.29 is 9.53 Å². The molecule has 0 fully saturated rings. The smallest absolute Gasteiger partial charge is 0.358 e. The maximum atomic E-state index is 11.9. The fourth-order valence-corrected chi connectivity index (χ4v) is 1.88. The van der Waals surface area contributed by atoms with Gasteiger partial charge >= 0.3 is 5.97 Å². The molecule has 6 nitrogen and oxygen atoms in total. The molecule has 0 saturated heterocycles. The van der Waals surface area contributed by atoms with Crippen molar-refractivity contribution in [3.8, 4) is 5.69 Å². The zero-order chi connectivity index (χ0) is 15.2. The molecule has 0 amide bonds. The Morgan fingerprint density at radius 3 is 2.81 bits per heavy atom. The number of para-hydroxylation sites is 2. The Labute approximate surface area is 124 Å². The summed E-state index contributed by atoms with van der Waals surface area (Å²) in [6.07, 6.45) is 2.49. The number of nitrogens with two attached hydrogens (primary N) is 1. The van der Waals surface area contributed by atoms with Gasteiger partial charge in [0.15, 0.2) is 5.69 Å². The average Bonchev–Trinajstić information content (AvgIpc) is 2.93. The number of aromatic nitrogens is 2. The number of carbonyl (C=O) groups excluding carboxylic acids is 1. The second-order valence-electron chi connectivity index (χ2n) is 5.00. The van der Waals surface area contributed by atoms with Crippen LogP contribution < -0.4 is 5.73 Å². The summed E-state index contributed by atoms with van der Waals surface area (Å²) in [6.45, 7) is 1.26. The minimum absolute atomic E-state index is 0.281. The van der Waals surface area contributed by atoms with Gasteiger partial charge in [0.1, 0.15) is 0 Å². The van der Waals surface area contributed by atoms with Crippen LogP contribution in [0.15, 0.2) is 36.5 Å². The fourth-order valence-electron chi connectivity index (χ4n) is 1.88. The van der Waals surface area contributed by atoms with Crippen LogP contribution in [0.25, 0.3) is 5.69 Å². The summed E-state index contributed by atoms with van der Waals surface area (Å²) >= 11 is 0. The van der Waals surface area contributed by atoms with Crippen LogP contribution in [0.2, 0.25) is 0 Å². The van der Waals surface area contributed by atoms with E-state index in [4.69, 9.17) is 10.5 Å². The lowest BCUT2D eigenvalue weighted by molar-refractivity contribution is 0.0486. The lowest BCUT2D eigenvalue weighted by Crippen LogP contribution is -2.16. The third kappa shape index (κ3) is 4.06. The second kappa shape index (κ2) is 6.90. The van der Waals surface area contributed by atoms with Gasteiger partial charge in [-0.05, 0) is 38.7 Å². The lowest BCUT2D eigenvalue weighted by atomic mass is 10.3. The van der Waals surface area contributed by atoms with Crippen LogP contribution in [-0.2, 0) is 4.74 Å². The maximum Gasteiger partial charge on any atom is 0.358 e. The van der Waals surface area contributed by atoms with Crippen LogP contribution >= 0.6 is 0 Å². The molecule has 0 unspecified atom stereocenters. The molecule has 112 valence electrons. The molecule has 2 N–H and O–H groups in total. The van der Waals surface area contributed by atoms with Crippen molar-refractivity contribution in [2.75, 3.05) is 33.0 Å². The van der Waals surface area contributed by atoms with Crippen molar-refractivity contribution in [1.82, 2.24) is 14.7 Å². The number of rotatable bonds is 6. The predicted molar refractivity (Wildman–Crippen MR) is 81.4 cm³/mol. The molecule has 0 saturated carbocycles. The molecule has 0 bridgehead atoms. The number of carbonyl (C=O) groups is 1. The Kier molecular flexibility index (Phi) is 4.94. The van der Waals surface area contributed by atoms with Gasteiger partial charge in [-0.25, -0.2) is 9.48 Å². The van der Waals surface area contributed by atoms with E-state index in [9.17, 15) is 4.79 Å². The molecule has 2 rings (SSSR count). The fraction of sp³-hybridized carbons (Fsp3) is 0.333. The minimum atomic E-state index is -0.415. The Morgan fingerprint density at radius 1 is 1.33 bits per heavy atom. The van der Waals surface area contributed by atoms with Gasteiger partial charge in [-0.3, -0.25) is 0 Å². The van der Waals surface area contributed by atoms with E-state index in [1.165, 1.54) is 0 Å². The van der Waals surface area contributed by atoms with Gasteiger partial charge in [0.05, 0.1) is 18.0 Å². The molecular formula is C15H20N4O2. The maximum absolute atomic E-state index is 11.9. The Hall–Kier alpha value is -2.34. The predicted octanol–water partition coefficient (Wildman–Crippen LogP) is 1.56. The van der Waals surface area contributed by atoms with Crippen LogP contribution in [0, 0.1) is 0 Å². The number of esters is 1. The SMILES string of the molecule is CN(C)CCCOC(=O)c1ccn(-c2ccccc2N)n1. The summed E-state index contributed by atoms with van der Waals surface area (Å²) in [5, 5.41) is 4.21. The van der Waals surface area contributed by atoms with Gasteiger partial charge in [0.2, 0.25) is 0 Å². The van der Waals surface area contributed by atoms with E-state index >= 15 is 0 Å². The van der Waals surface area contributed by atoms with Gasteiger partial charge < -0.3 is 15.4 Å². The first kappa shape index (κ1) is 15.1. The van der Waals surface area contributed by atoms with Gasteiger partial charge in [-0.2, -0.15) is 5.10 Å². The molecular weight excluding hydrogens is 268 g/mol. The molecule has 0 radical (unpaired) electrons. The van der Waals surface area contributed by atoms with Gasteiger partial charge in [0.25, 0.3) is 0 Å². The van der Waals surface area contributed by atoms with Crippen molar-refractivity contribution in [3.05, 3.63) is 42.2 Å². The zero-order valence-corrected chi connectivity index (χ0v) is 12.3. The quantitative estimate of drug-likeness (QED) is 0.496. The molecule has 0 aliphatic rings. The molecule has 1 aromatic heterocycles. The molecule has 6 heteroatoms. The zero-order valence-electron chi connectivity index (χ0n) is 12.3. The largest absolute Gasteiger partial charge is 0.461 e. The summed E-state index contributed by atoms with van der Waals surface area (Å²) < 4.78 is 6.76. The van der Waals surface area contributed by atoms with Crippen LogP contribution in [-0.4, -0.2) is 47.9 Å². The van der Waals surface area contributed by atoms with Crippen LogP contribution in [0.5, 0.6) is 0 Å². The molecule has 1 aromatic carbocycles. The van der Waals surface area contributed by atoms with Gasteiger partial charge in [0, 0.05) is 12.7 Å². The summed E-state index contributed by atoms with van der Waals surface area (Å²) in [4.78, 5) is 13.9. The molecule has 21 heavy (non-hydrogen) atoms. The number of benzene rings is 1. The van der Waals surface area contributed by atoms with Crippen LogP contribution in [0.3, 0.4) is 0 Å². The first-order valence-corrected chi connectivity index (χ1v) is 6.80. The van der Waals surface area contributed by atoms with E-state index < -0.39 is 5.97 Å². The minimum Gasteiger partial charge on any atom is -0.461 e. The monoisotopic (exact) mass is 288 g/mol. The van der Waals surface area contributed by atoms with Crippen molar-refractivity contribution in [2.45, 2.75) is 6.42 Å². The highest BCUT2D eigenvalue weighted by Crippen LogP contribution is 2.15. The topological polar surface area (TPSA) is 73.4 Å². The van der Waals surface area contributed by atoms with Crippen molar-refractivity contribution >= 4 is 11.7 Å². The second-order valence-corrected chi connectivity index (χ2v) is 5.00. The normalized spacial score (nSPS) is 10.8. The van der Waals surface area contributed by atoms with E-state index in [0.717, 1.165) is 18.7 Å². The third-order valence-electron chi connectivity index (χ3n) is 2.96. The average molecular weight is 288 g/mol. The number of anilines is 1. The number of nitrogens with zero attached hydrogens (tertiary/aromatic N) is 3. The summed E-state index contributed by atoms with van der Waals surface area (Å²) in [5.74, 6) is -0.415. The lowest BCUT2D eigenvalue weighted by Gasteiger charge is -2.08. The van der Waals surface area contributed by atoms with Crippen molar-refractivity contribution in [1.29, 1.82) is 0 Å². The number of nitrogen functional groups attached to an aromatic ring is 1. The molecule has 0 aliphatic carbocycles. The highest BCUT2D eigenvalue weighted by Gasteiger charge is 2.12. The number of hydrogen-bond acceptors (Lipinski definition) is 5. The molecule has 0 atom stereocenters. The number of hydrogen-bond donors (Lipinski definition) is 1. The third-order valence-corrected chi connectivity index (χ3v) is 2.96. The van der Waals surface area contributed by atoms with Crippen molar-refractivity contribution in [3.63, 3.8) is 0 Å². The highest BCUT2D eigenvalue weighted by atomic mass is 16.5. The first-order valence-electron chi connectivity index (χ1n) is 6.80. The molecule has 0 aliphatic heterocycles. The molecule has 0 spiro atoms. The molecule has 1 heterocycles. The van der Waals surface area contributed by atoms with E-state index in [0.29, 0.717) is 12.3 Å². The Morgan fingerprint density at radius 2 is 2.10 bits per heavy atom.